The lowest BCUT2D eigenvalue weighted by molar-refractivity contribution is 0.259. The van der Waals surface area contributed by atoms with E-state index in [4.69, 9.17) is 10.8 Å². The third-order valence-corrected chi connectivity index (χ3v) is 1.85. The summed E-state index contributed by atoms with van der Waals surface area (Å²) in [4.78, 5) is 10.5. The molecule has 4 heteroatoms. The molecule has 0 heterocycles. The molecule has 0 atom stereocenters. The Labute approximate surface area is 82.7 Å². The molecule has 0 aliphatic carbocycles. The second-order valence-electron chi connectivity index (χ2n) is 3.01. The number of hydrogen-bond donors (Lipinski definition) is 3. The Morgan fingerprint density at radius 2 is 2.00 bits per heavy atom. The molecule has 0 radical (unpaired) electrons. The molecule has 4 N–H and O–H groups in total. The fourth-order valence-electron chi connectivity index (χ4n) is 1.18. The number of benzene rings is 1. The van der Waals surface area contributed by atoms with Crippen LogP contribution in [0.15, 0.2) is 24.3 Å². The van der Waals surface area contributed by atoms with Crippen LogP contribution in [0, 0.1) is 0 Å². The van der Waals surface area contributed by atoms with Crippen molar-refractivity contribution in [3.8, 4) is 0 Å². The fourth-order valence-corrected chi connectivity index (χ4v) is 1.18. The number of nitrogens with one attached hydrogen (secondary N) is 1. The third kappa shape index (κ3) is 3.45. The molecular weight excluding hydrogens is 180 g/mol. The zero-order valence-corrected chi connectivity index (χ0v) is 7.86. The van der Waals surface area contributed by atoms with E-state index in [9.17, 15) is 4.79 Å². The van der Waals surface area contributed by atoms with Crippen LogP contribution in [-0.4, -0.2) is 17.7 Å². The van der Waals surface area contributed by atoms with Gasteiger partial charge in [0, 0.05) is 12.3 Å². The number of aliphatic hydroxyl groups excluding tert-OH is 1. The summed E-state index contributed by atoms with van der Waals surface area (Å²) in [7, 11) is 0. The van der Waals surface area contributed by atoms with Gasteiger partial charge in [0.1, 0.15) is 0 Å². The number of rotatable bonds is 4. The summed E-state index contributed by atoms with van der Waals surface area (Å²) >= 11 is 0. The second kappa shape index (κ2) is 5.24. The van der Waals surface area contributed by atoms with Gasteiger partial charge in [-0.05, 0) is 30.5 Å². The molecule has 1 aromatic carbocycles. The fraction of sp³-hybridized carbons (Fsp3) is 0.300. The van der Waals surface area contributed by atoms with Crippen LogP contribution in [-0.2, 0) is 6.42 Å². The highest BCUT2D eigenvalue weighted by Crippen LogP contribution is 2.10. The molecule has 0 aliphatic heterocycles. The Balaban J connectivity index is 2.54. The normalized spacial score (nSPS) is 9.79. The number of hydrogen-bond acceptors (Lipinski definition) is 2. The summed E-state index contributed by atoms with van der Waals surface area (Å²) < 4.78 is 0. The van der Waals surface area contributed by atoms with Crippen LogP contribution in [0.2, 0.25) is 0 Å². The van der Waals surface area contributed by atoms with Crippen LogP contribution >= 0.6 is 0 Å². The van der Waals surface area contributed by atoms with Crippen molar-refractivity contribution >= 4 is 11.7 Å². The first kappa shape index (κ1) is 10.5. The van der Waals surface area contributed by atoms with Crippen molar-refractivity contribution in [1.29, 1.82) is 0 Å². The molecule has 4 nitrogen and oxygen atoms in total. The van der Waals surface area contributed by atoms with Crippen LogP contribution in [0.5, 0.6) is 0 Å². The smallest absolute Gasteiger partial charge is 0.316 e. The molecule has 1 aromatic rings. The summed E-state index contributed by atoms with van der Waals surface area (Å²) in [5.74, 6) is 0. The lowest BCUT2D eigenvalue weighted by atomic mass is 10.1. The van der Waals surface area contributed by atoms with Gasteiger partial charge in [-0.2, -0.15) is 0 Å². The number of anilines is 1. The summed E-state index contributed by atoms with van der Waals surface area (Å²) in [5, 5.41) is 11.1. The van der Waals surface area contributed by atoms with E-state index in [-0.39, 0.29) is 6.61 Å². The van der Waals surface area contributed by atoms with E-state index in [2.05, 4.69) is 5.32 Å². The maximum Gasteiger partial charge on any atom is 0.316 e. The minimum atomic E-state index is -0.562. The number of amides is 2. The summed E-state index contributed by atoms with van der Waals surface area (Å²) in [6, 6.07) is 6.82. The van der Waals surface area contributed by atoms with Gasteiger partial charge < -0.3 is 16.2 Å². The van der Waals surface area contributed by atoms with Crippen molar-refractivity contribution in [2.24, 2.45) is 5.73 Å². The van der Waals surface area contributed by atoms with Gasteiger partial charge in [-0.15, -0.1) is 0 Å². The maximum atomic E-state index is 10.5. The molecule has 0 bridgehead atoms. The molecule has 0 aliphatic rings. The van der Waals surface area contributed by atoms with Gasteiger partial charge in [0.2, 0.25) is 0 Å². The van der Waals surface area contributed by atoms with Crippen molar-refractivity contribution in [3.05, 3.63) is 29.8 Å². The quantitative estimate of drug-likeness (QED) is 0.671. The molecule has 0 fully saturated rings. The minimum Gasteiger partial charge on any atom is -0.396 e. The van der Waals surface area contributed by atoms with Crippen molar-refractivity contribution in [1.82, 2.24) is 0 Å². The van der Waals surface area contributed by atoms with Crippen LogP contribution in [0.4, 0.5) is 10.5 Å². The summed E-state index contributed by atoms with van der Waals surface area (Å²) in [6.07, 6.45) is 1.59. The monoisotopic (exact) mass is 194 g/mol. The molecule has 0 saturated heterocycles. The molecule has 2 amide bonds. The highest BCUT2D eigenvalue weighted by atomic mass is 16.2. The highest BCUT2D eigenvalue weighted by molar-refractivity contribution is 5.87. The first-order valence-corrected chi connectivity index (χ1v) is 4.48. The predicted molar refractivity (Wildman–Crippen MR) is 55.1 cm³/mol. The van der Waals surface area contributed by atoms with Crippen molar-refractivity contribution in [2.45, 2.75) is 12.8 Å². The SMILES string of the molecule is NC(=O)Nc1ccc(CCCO)cc1. The molecular formula is C10H14N2O2. The van der Waals surface area contributed by atoms with Gasteiger partial charge in [-0.25, -0.2) is 4.79 Å². The maximum absolute atomic E-state index is 10.5. The Hall–Kier alpha value is -1.55. The summed E-state index contributed by atoms with van der Waals surface area (Å²) in [6.45, 7) is 0.196. The number of nitrogens with two attached hydrogens (primary N) is 1. The first-order chi connectivity index (χ1) is 6.72. The number of aliphatic hydroxyl groups is 1. The van der Waals surface area contributed by atoms with Crippen LogP contribution in [0.1, 0.15) is 12.0 Å². The van der Waals surface area contributed by atoms with Gasteiger partial charge in [-0.3, -0.25) is 0 Å². The molecule has 0 aromatic heterocycles. The largest absolute Gasteiger partial charge is 0.396 e. The molecule has 0 unspecified atom stereocenters. The molecule has 76 valence electrons. The average molecular weight is 194 g/mol. The van der Waals surface area contributed by atoms with Gasteiger partial charge in [-0.1, -0.05) is 12.1 Å². The van der Waals surface area contributed by atoms with Crippen LogP contribution in [0.25, 0.3) is 0 Å². The standard InChI is InChI=1S/C10H14N2O2/c11-10(14)12-9-5-3-8(4-6-9)2-1-7-13/h3-6,13H,1-2,7H2,(H3,11,12,14). The third-order valence-electron chi connectivity index (χ3n) is 1.85. The minimum absolute atomic E-state index is 0.196. The van der Waals surface area contributed by atoms with E-state index < -0.39 is 6.03 Å². The van der Waals surface area contributed by atoms with E-state index in [0.29, 0.717) is 5.69 Å². The Morgan fingerprint density at radius 3 is 2.50 bits per heavy atom. The van der Waals surface area contributed by atoms with Gasteiger partial charge in [0.25, 0.3) is 0 Å². The number of carbonyl (C=O) groups excluding carboxylic acids is 1. The predicted octanol–water partition coefficient (Wildman–Crippen LogP) is 1.10. The Morgan fingerprint density at radius 1 is 1.36 bits per heavy atom. The van der Waals surface area contributed by atoms with E-state index in [0.717, 1.165) is 18.4 Å². The number of carbonyl (C=O) groups is 1. The number of primary amides is 1. The Bertz CT molecular complexity index is 295. The van der Waals surface area contributed by atoms with E-state index in [1.165, 1.54) is 0 Å². The van der Waals surface area contributed by atoms with Crippen molar-refractivity contribution in [3.63, 3.8) is 0 Å². The zero-order valence-electron chi connectivity index (χ0n) is 7.86. The summed E-state index contributed by atoms with van der Waals surface area (Å²) in [5.41, 5.74) is 6.78. The van der Waals surface area contributed by atoms with Gasteiger partial charge in [0.15, 0.2) is 0 Å². The topological polar surface area (TPSA) is 75.4 Å². The molecule has 1 rings (SSSR count). The highest BCUT2D eigenvalue weighted by Gasteiger charge is 1.96. The first-order valence-electron chi connectivity index (χ1n) is 4.48. The molecule has 14 heavy (non-hydrogen) atoms. The molecule has 0 saturated carbocycles. The lowest BCUT2D eigenvalue weighted by Gasteiger charge is -2.03. The van der Waals surface area contributed by atoms with E-state index in [1.807, 2.05) is 12.1 Å². The van der Waals surface area contributed by atoms with Crippen LogP contribution in [0.3, 0.4) is 0 Å². The molecule has 0 spiro atoms. The van der Waals surface area contributed by atoms with Gasteiger partial charge in [0.05, 0.1) is 0 Å². The van der Waals surface area contributed by atoms with Gasteiger partial charge >= 0.3 is 6.03 Å². The zero-order chi connectivity index (χ0) is 10.4. The van der Waals surface area contributed by atoms with Crippen LogP contribution < -0.4 is 11.1 Å². The van der Waals surface area contributed by atoms with Crippen molar-refractivity contribution in [2.75, 3.05) is 11.9 Å². The Kier molecular flexibility index (Phi) is 3.94. The lowest BCUT2D eigenvalue weighted by Crippen LogP contribution is -2.19. The average Bonchev–Trinajstić information content (AvgIpc) is 2.16. The number of aryl methyl sites for hydroxylation is 1. The van der Waals surface area contributed by atoms with E-state index >= 15 is 0 Å². The van der Waals surface area contributed by atoms with E-state index in [1.54, 1.807) is 12.1 Å². The second-order valence-corrected chi connectivity index (χ2v) is 3.01. The van der Waals surface area contributed by atoms with Crippen molar-refractivity contribution < 1.29 is 9.90 Å². The number of urea groups is 1.